The fraction of sp³-hybridized carbons (Fsp3) is 0.0190. The molecule has 2 aliphatic carbocycles. The van der Waals surface area contributed by atoms with Crippen molar-refractivity contribution in [2.75, 3.05) is 0 Å². The first-order chi connectivity index (χ1) is 55.5. The van der Waals surface area contributed by atoms with Gasteiger partial charge in [0.15, 0.2) is 23.3 Å². The normalized spacial score (nSPS) is 11.9. The molecular weight excluding hydrogens is 1420 g/mol. The molecule has 0 saturated carbocycles. The van der Waals surface area contributed by atoms with Crippen LogP contribution in [0, 0.1) is 0 Å². The molecule has 0 spiro atoms. The Morgan fingerprint density at radius 3 is 1.08 bits per heavy atom. The van der Waals surface area contributed by atoms with Gasteiger partial charge < -0.3 is 9.13 Å². The van der Waals surface area contributed by atoms with Gasteiger partial charge in [0.1, 0.15) is 0 Å². The Hall–Kier alpha value is -14.4. The van der Waals surface area contributed by atoms with Crippen molar-refractivity contribution in [2.45, 2.75) is 14.9 Å². The number of hydrogen-bond acceptors (Lipinski definition) is 7. The van der Waals surface area contributed by atoms with Gasteiger partial charge in [-0.1, -0.05) is 270 Å². The summed E-state index contributed by atoms with van der Waals surface area (Å²) < 4.78 is 10.2. The molecule has 0 bridgehead atoms. The molecule has 9 heteroatoms. The molecule has 114 heavy (non-hydrogen) atoms. The molecule has 0 amide bonds. The van der Waals surface area contributed by atoms with Crippen LogP contribution in [-0.2, 0) is 0 Å². The molecule has 0 fully saturated rings. The highest BCUT2D eigenvalue weighted by molar-refractivity contribution is 7.26. The molecule has 6 heterocycles. The minimum Gasteiger partial charge on any atom is -0.309 e. The zero-order valence-corrected chi connectivity index (χ0v) is 61.6. The molecule has 0 N–H and O–H groups in total. The van der Waals surface area contributed by atoms with Crippen molar-refractivity contribution in [1.82, 2.24) is 34.1 Å². The second-order valence-electron chi connectivity index (χ2n) is 29.2. The van der Waals surface area contributed by atoms with Gasteiger partial charge in [0.05, 0.1) is 39.1 Å². The molecule has 0 aliphatic heterocycles. The summed E-state index contributed by atoms with van der Waals surface area (Å²) in [6, 6.07) is 129. The lowest BCUT2D eigenvalue weighted by molar-refractivity contribution is 1.07. The van der Waals surface area contributed by atoms with Crippen LogP contribution in [-0.4, -0.2) is 34.1 Å². The molecule has 0 unspecified atom stereocenters. The highest BCUT2D eigenvalue weighted by Crippen LogP contribution is 2.55. The van der Waals surface area contributed by atoms with E-state index in [9.17, 15) is 0 Å². The van der Waals surface area contributed by atoms with Gasteiger partial charge in [-0.25, -0.2) is 24.9 Å². The molecule has 534 valence electrons. The first-order valence-electron chi connectivity index (χ1n) is 37.9. The van der Waals surface area contributed by atoms with Gasteiger partial charge in [0.2, 0.25) is 0 Å². The van der Waals surface area contributed by atoms with Gasteiger partial charge >= 0.3 is 0 Å². The lowest BCUT2D eigenvalue weighted by Crippen LogP contribution is -2.00. The molecule has 17 aromatic carbocycles. The number of benzene rings is 17. The third-order valence-corrected chi connectivity index (χ3v) is 25.4. The predicted molar refractivity (Wildman–Crippen MR) is 484 cm³/mol. The number of aromatic nitrogens is 7. The highest BCUT2D eigenvalue weighted by atomic mass is 32.1. The van der Waals surface area contributed by atoms with Crippen LogP contribution >= 0.6 is 22.7 Å². The molecule has 6 aromatic heterocycles. The average Bonchev–Trinajstić information content (AvgIpc) is 1.53. The van der Waals surface area contributed by atoms with Gasteiger partial charge in [-0.2, -0.15) is 0 Å². The molecule has 0 atom stereocenters. The third kappa shape index (κ3) is 10.2. The van der Waals surface area contributed by atoms with Crippen molar-refractivity contribution in [1.29, 1.82) is 0 Å². The van der Waals surface area contributed by atoms with Crippen LogP contribution in [0.3, 0.4) is 0 Å². The zero-order valence-electron chi connectivity index (χ0n) is 60.0. The fourth-order valence-corrected chi connectivity index (χ4v) is 20.4. The van der Waals surface area contributed by atoms with Gasteiger partial charge in [0, 0.05) is 106 Å². The van der Waals surface area contributed by atoms with Crippen LogP contribution in [0.4, 0.5) is 0 Å². The molecule has 0 saturated heterocycles. The summed E-state index contributed by atoms with van der Waals surface area (Å²) in [5.74, 6) is 2.67. The summed E-state index contributed by atoms with van der Waals surface area (Å²) in [5, 5.41) is 17.9. The first-order valence-corrected chi connectivity index (χ1v) is 39.6. The lowest BCUT2D eigenvalue weighted by atomic mass is 9.92. The van der Waals surface area contributed by atoms with E-state index < -0.39 is 0 Å². The van der Waals surface area contributed by atoms with Crippen molar-refractivity contribution in [3.05, 3.63) is 358 Å². The summed E-state index contributed by atoms with van der Waals surface area (Å²) in [7, 11) is 0. The largest absolute Gasteiger partial charge is 0.309 e. The van der Waals surface area contributed by atoms with Crippen molar-refractivity contribution in [3.63, 3.8) is 0 Å². The Morgan fingerprint density at radius 1 is 0.202 bits per heavy atom. The SMILES string of the molecule is C.C.c1ccc(-c2cc(-c3ccccc3)nc(-c3ccc(-n4c5cccc6c5c5c7c(cccc7ccc54)-c4cc5c(cc4-6)sc4ccccc45)c4ccccc34)n2)cc1.c1ccc(-c2nc(-c3ccccc3)nc(-c3ccc(-n4c5cccc6c5c5c7c(cccc7ccc54)-c4cc5c(cc4-6)sc4ccccc45)cc3)n2)cc1. The zero-order chi connectivity index (χ0) is 73.2. The quantitative estimate of drug-likeness (QED) is 0.152. The van der Waals surface area contributed by atoms with Crippen LogP contribution in [0.25, 0.3) is 240 Å². The monoisotopic (exact) mass is 1490 g/mol. The highest BCUT2D eigenvalue weighted by Gasteiger charge is 2.30. The van der Waals surface area contributed by atoms with Crippen molar-refractivity contribution in [3.8, 4) is 124 Å². The standard InChI is InChI=1S/C54H31N3S.C49H28N4S.2CH4/c1-3-13-32(14-4-1)44-31-45(33-15-5-2-6-16-33)56-54(55-44)40-26-28-46(36-19-8-7-18-35(36)40)57-47-23-12-22-39-42-30-50-43(37-20-9-10-24-49(37)58-50)29-41(42)38-21-11-17-34-25-27-48(57)53(51(34)38)52(39)47;1-3-11-30(12-4-1)47-50-48(31-13-5-2-6-14-31)52-49(51-47)32-21-24-33(25-22-32)53-40-19-10-18-36-38-28-43-39(34-16-7-8-20-42(34)54-43)27-37(38)35-17-9-15-29-23-26-41(53)46(44(29)35)45(36)40;;/h1-31H;1-28H;2*1H4. The van der Waals surface area contributed by atoms with Gasteiger partial charge in [0.25, 0.3) is 0 Å². The van der Waals surface area contributed by atoms with Crippen molar-refractivity contribution in [2.24, 2.45) is 0 Å². The van der Waals surface area contributed by atoms with Gasteiger partial charge in [-0.05, 0) is 175 Å². The van der Waals surface area contributed by atoms with Crippen molar-refractivity contribution >= 4 is 139 Å². The predicted octanol–water partition coefficient (Wildman–Crippen LogP) is 29.3. The Labute approximate surface area is 665 Å². The van der Waals surface area contributed by atoms with E-state index in [0.717, 1.165) is 66.9 Å². The molecular formula is C105H67N7S2. The van der Waals surface area contributed by atoms with E-state index in [4.69, 9.17) is 24.9 Å². The Balaban J connectivity index is 0.000000137. The Kier molecular flexibility index (Phi) is 15.3. The van der Waals surface area contributed by atoms with Crippen LogP contribution < -0.4 is 0 Å². The third-order valence-electron chi connectivity index (χ3n) is 23.1. The summed E-state index contributed by atoms with van der Waals surface area (Å²) in [5.41, 5.74) is 25.1. The molecule has 2 aliphatic rings. The molecule has 0 radical (unpaired) electrons. The lowest BCUT2D eigenvalue weighted by Gasteiger charge is -2.17. The maximum atomic E-state index is 5.24. The van der Waals surface area contributed by atoms with Crippen LogP contribution in [0.1, 0.15) is 14.9 Å². The molecule has 25 rings (SSSR count). The van der Waals surface area contributed by atoms with Crippen LogP contribution in [0.2, 0.25) is 0 Å². The smallest absolute Gasteiger partial charge is 0.164 e. The maximum absolute atomic E-state index is 5.24. The van der Waals surface area contributed by atoms with Crippen molar-refractivity contribution < 1.29 is 0 Å². The molecule has 7 nitrogen and oxygen atoms in total. The Morgan fingerprint density at radius 2 is 0.588 bits per heavy atom. The maximum Gasteiger partial charge on any atom is 0.164 e. The summed E-state index contributed by atoms with van der Waals surface area (Å²) in [6.45, 7) is 0. The second kappa shape index (κ2) is 26.2. The Bertz CT molecular complexity index is 7800. The van der Waals surface area contributed by atoms with E-state index in [-0.39, 0.29) is 14.9 Å². The minimum atomic E-state index is 0. The first kappa shape index (κ1) is 66.6. The topological polar surface area (TPSA) is 74.3 Å². The van der Waals surface area contributed by atoms with Crippen LogP contribution in [0.5, 0.6) is 0 Å². The fourth-order valence-electron chi connectivity index (χ4n) is 18.2. The van der Waals surface area contributed by atoms with Crippen LogP contribution in [0.15, 0.2) is 358 Å². The van der Waals surface area contributed by atoms with Gasteiger partial charge in [-0.15, -0.1) is 22.7 Å². The summed E-state index contributed by atoms with van der Waals surface area (Å²) >= 11 is 3.77. The van der Waals surface area contributed by atoms with E-state index in [0.29, 0.717) is 23.3 Å². The van der Waals surface area contributed by atoms with E-state index in [1.54, 1.807) is 0 Å². The van der Waals surface area contributed by atoms with Gasteiger partial charge in [-0.3, -0.25) is 0 Å². The minimum absolute atomic E-state index is 0. The number of thiophene rings is 2. The number of rotatable bonds is 8. The van der Waals surface area contributed by atoms with E-state index in [2.05, 4.69) is 294 Å². The molecule has 23 aromatic rings. The van der Waals surface area contributed by atoms with E-state index in [1.807, 2.05) is 95.5 Å². The number of fused-ring (bicyclic) bond motifs is 13. The summed E-state index contributed by atoms with van der Waals surface area (Å²) in [4.78, 5) is 25.3. The second-order valence-corrected chi connectivity index (χ2v) is 31.4. The van der Waals surface area contributed by atoms with E-state index >= 15 is 0 Å². The van der Waals surface area contributed by atoms with E-state index in [1.165, 1.54) is 150 Å². The number of hydrogen-bond donors (Lipinski definition) is 0. The average molecular weight is 1490 g/mol. The summed E-state index contributed by atoms with van der Waals surface area (Å²) in [6.07, 6.45) is 0. The number of nitrogens with zero attached hydrogens (tertiary/aromatic N) is 7.